The van der Waals surface area contributed by atoms with Gasteiger partial charge in [-0.3, -0.25) is 0 Å². The average molecular weight is 268 g/mol. The summed E-state index contributed by atoms with van der Waals surface area (Å²) >= 11 is 0. The molecular formula is C14H24SiTi. The van der Waals surface area contributed by atoms with Crippen LogP contribution < -0.4 is 0 Å². The zero-order chi connectivity index (χ0) is 11.3. The van der Waals surface area contributed by atoms with Crippen LogP contribution in [0.1, 0.15) is 44.7 Å². The molecule has 0 atom stereocenters. The second-order valence-electron chi connectivity index (χ2n) is 5.59. The molecule has 2 heteroatoms. The zero-order valence-corrected chi connectivity index (χ0v) is 14.0. The van der Waals surface area contributed by atoms with Crippen molar-refractivity contribution in [2.24, 2.45) is 0 Å². The fraction of sp³-hybridized carbons (Fsp3) is 0.571. The molecular weight excluding hydrogens is 244 g/mol. The third-order valence-electron chi connectivity index (χ3n) is 2.90. The van der Waals surface area contributed by atoms with E-state index >= 15 is 0 Å². The van der Waals surface area contributed by atoms with Crippen molar-refractivity contribution < 1.29 is 21.7 Å². The quantitative estimate of drug-likeness (QED) is 0.499. The topological polar surface area (TPSA) is 0 Å². The van der Waals surface area contributed by atoms with Gasteiger partial charge in [-0.1, -0.05) is 51.5 Å². The van der Waals surface area contributed by atoms with E-state index in [0.717, 1.165) is 0 Å². The summed E-state index contributed by atoms with van der Waals surface area (Å²) in [5, 5.41) is 0.569. The van der Waals surface area contributed by atoms with Crippen molar-refractivity contribution in [2.75, 3.05) is 0 Å². The first kappa shape index (κ1) is 16.3. The Kier molecular flexibility index (Phi) is 7.71. The van der Waals surface area contributed by atoms with Crippen LogP contribution >= 0.6 is 0 Å². The van der Waals surface area contributed by atoms with Gasteiger partial charge in [0.15, 0.2) is 0 Å². The van der Waals surface area contributed by atoms with Crippen LogP contribution in [0.25, 0.3) is 0 Å². The number of rotatable bonds is 0. The maximum Gasteiger partial charge on any atom is 2.00 e. The van der Waals surface area contributed by atoms with Gasteiger partial charge in [0.25, 0.3) is 0 Å². The van der Waals surface area contributed by atoms with Crippen LogP contribution in [0, 0.1) is 6.55 Å². The predicted molar refractivity (Wildman–Crippen MR) is 72.3 cm³/mol. The Balaban J connectivity index is 0.000000289. The standard InChI is InChI=1S/C9H11.C5H13Si.Ti/c1-2-5-9-7-3-6-8(9)4-1;1-5(2,3)6-4;/h3,6-7H,1-2,4-5H2;4,6H2,1-3H3;/q2*-1;+2. The summed E-state index contributed by atoms with van der Waals surface area (Å²) in [6.45, 7) is 10.6. The van der Waals surface area contributed by atoms with Gasteiger partial charge in [-0.05, 0) is 0 Å². The van der Waals surface area contributed by atoms with Gasteiger partial charge in [0.2, 0.25) is 0 Å². The van der Waals surface area contributed by atoms with Crippen molar-refractivity contribution in [3.05, 3.63) is 35.9 Å². The summed E-state index contributed by atoms with van der Waals surface area (Å²) in [5.41, 5.74) is 3.20. The molecule has 0 nitrogen and oxygen atoms in total. The van der Waals surface area contributed by atoms with Crippen molar-refractivity contribution in [3.63, 3.8) is 0 Å². The van der Waals surface area contributed by atoms with E-state index in [1.165, 1.54) is 25.7 Å². The van der Waals surface area contributed by atoms with Gasteiger partial charge in [-0.2, -0.15) is 23.3 Å². The molecule has 0 bridgehead atoms. The Bertz CT molecular complexity index is 263. The summed E-state index contributed by atoms with van der Waals surface area (Å²) in [7, 11) is 0.00231. The zero-order valence-electron chi connectivity index (χ0n) is 11.0. The van der Waals surface area contributed by atoms with E-state index in [1.807, 2.05) is 0 Å². The Labute approximate surface area is 118 Å². The first-order valence-electron chi connectivity index (χ1n) is 6.05. The van der Waals surface area contributed by atoms with Gasteiger partial charge in [-0.25, -0.2) is 6.07 Å². The molecule has 1 aliphatic rings. The maximum atomic E-state index is 3.90. The molecule has 0 fully saturated rings. The molecule has 1 aromatic carbocycles. The van der Waals surface area contributed by atoms with Crippen molar-refractivity contribution in [1.29, 1.82) is 0 Å². The average Bonchev–Trinajstić information content (AvgIpc) is 2.65. The number of fused-ring (bicyclic) bond motifs is 1. The van der Waals surface area contributed by atoms with E-state index in [4.69, 9.17) is 0 Å². The molecule has 16 heavy (non-hydrogen) atoms. The smallest absolute Gasteiger partial charge is 0.347 e. The first-order valence-corrected chi connectivity index (χ1v) is 7.76. The van der Waals surface area contributed by atoms with Gasteiger partial charge in [0, 0.05) is 0 Å². The molecule has 0 amide bonds. The molecule has 1 aliphatic carbocycles. The van der Waals surface area contributed by atoms with Crippen LogP contribution in [0.2, 0.25) is 5.04 Å². The third-order valence-corrected chi connectivity index (χ3v) is 4.40. The summed E-state index contributed by atoms with van der Waals surface area (Å²) in [6.07, 6.45) is 5.44. The van der Waals surface area contributed by atoms with E-state index in [2.05, 4.69) is 45.5 Å². The Morgan fingerprint density at radius 2 is 1.81 bits per heavy atom. The number of aryl methyl sites for hydroxylation is 2. The van der Waals surface area contributed by atoms with Crippen LogP contribution in [0.5, 0.6) is 0 Å². The minimum absolute atomic E-state index is 0. The minimum atomic E-state index is 0. The maximum absolute atomic E-state index is 3.90. The SMILES string of the molecule is [CH2-][SiH2]C(C)(C)C.[Ti+2].c1cc2c([cH-]1)CCCC2. The molecule has 0 aliphatic heterocycles. The molecule has 88 valence electrons. The summed E-state index contributed by atoms with van der Waals surface area (Å²) in [4.78, 5) is 0. The fourth-order valence-corrected chi connectivity index (χ4v) is 1.61. The van der Waals surface area contributed by atoms with E-state index < -0.39 is 0 Å². The minimum Gasteiger partial charge on any atom is -0.347 e. The third kappa shape index (κ3) is 6.12. The molecule has 0 saturated carbocycles. The number of hydrogen-bond donors (Lipinski definition) is 0. The molecule has 2 rings (SSSR count). The molecule has 1 aromatic rings. The van der Waals surface area contributed by atoms with Gasteiger partial charge >= 0.3 is 21.7 Å². The van der Waals surface area contributed by atoms with Crippen LogP contribution in [-0.4, -0.2) is 9.52 Å². The predicted octanol–water partition coefficient (Wildman–Crippen LogP) is 3.45. The molecule has 0 radical (unpaired) electrons. The Morgan fingerprint density at radius 1 is 1.25 bits per heavy atom. The van der Waals surface area contributed by atoms with Crippen molar-refractivity contribution in [1.82, 2.24) is 0 Å². The largest absolute Gasteiger partial charge is 2.00 e. The monoisotopic (exact) mass is 268 g/mol. The van der Waals surface area contributed by atoms with Gasteiger partial charge in [-0.15, -0.1) is 9.52 Å². The van der Waals surface area contributed by atoms with Crippen molar-refractivity contribution >= 4 is 9.52 Å². The van der Waals surface area contributed by atoms with Gasteiger partial charge in [0.1, 0.15) is 0 Å². The van der Waals surface area contributed by atoms with Crippen LogP contribution in [-0.2, 0) is 34.6 Å². The first-order chi connectivity index (χ1) is 7.03. The van der Waals surface area contributed by atoms with E-state index in [1.54, 1.807) is 11.1 Å². The summed E-state index contributed by atoms with van der Waals surface area (Å²) in [6, 6.07) is 6.69. The van der Waals surface area contributed by atoms with Crippen LogP contribution in [0.15, 0.2) is 18.2 Å². The van der Waals surface area contributed by atoms with Crippen LogP contribution in [0.4, 0.5) is 0 Å². The normalized spacial score (nSPS) is 15.0. The van der Waals surface area contributed by atoms with E-state index in [0.29, 0.717) is 5.04 Å². The van der Waals surface area contributed by atoms with Crippen molar-refractivity contribution in [2.45, 2.75) is 51.5 Å². The molecule has 0 heterocycles. The fourth-order valence-electron chi connectivity index (χ4n) is 1.61. The second-order valence-corrected chi connectivity index (χ2v) is 8.22. The van der Waals surface area contributed by atoms with Gasteiger partial charge < -0.3 is 6.55 Å². The second kappa shape index (κ2) is 7.58. The van der Waals surface area contributed by atoms with E-state index in [9.17, 15) is 0 Å². The number of hydrogen-bond acceptors (Lipinski definition) is 0. The van der Waals surface area contributed by atoms with Crippen molar-refractivity contribution in [3.8, 4) is 0 Å². The Hall–Kier alpha value is 0.281. The molecule has 0 saturated heterocycles. The molecule has 0 unspecified atom stereocenters. The van der Waals surface area contributed by atoms with Crippen LogP contribution in [0.3, 0.4) is 0 Å². The molecule has 0 N–H and O–H groups in total. The summed E-state index contributed by atoms with van der Waals surface area (Å²) in [5.74, 6) is 0. The summed E-state index contributed by atoms with van der Waals surface area (Å²) < 4.78 is 0. The Morgan fingerprint density at radius 3 is 2.31 bits per heavy atom. The molecule has 0 spiro atoms. The van der Waals surface area contributed by atoms with Gasteiger partial charge in [0.05, 0.1) is 0 Å². The van der Waals surface area contributed by atoms with E-state index in [-0.39, 0.29) is 31.2 Å². The molecule has 0 aromatic heterocycles.